The molecule has 1 aliphatic rings. The molecule has 0 heterocycles. The van der Waals surface area contributed by atoms with Crippen LogP contribution in [0.1, 0.15) is 17.5 Å². The van der Waals surface area contributed by atoms with Gasteiger partial charge in [-0.3, -0.25) is 0 Å². The van der Waals surface area contributed by atoms with E-state index >= 15 is 0 Å². The maximum Gasteiger partial charge on any atom is 0.157 e. The first-order valence-electron chi connectivity index (χ1n) is 5.06. The Morgan fingerprint density at radius 3 is 2.93 bits per heavy atom. The summed E-state index contributed by atoms with van der Waals surface area (Å²) in [5.74, 6) is 6.15. The van der Waals surface area contributed by atoms with Crippen molar-refractivity contribution in [2.75, 3.05) is 6.61 Å². The first kappa shape index (κ1) is 9.83. The van der Waals surface area contributed by atoms with Gasteiger partial charge in [-0.25, -0.2) is 0 Å². The lowest BCUT2D eigenvalue weighted by atomic mass is 10.1. The third-order valence-electron chi connectivity index (χ3n) is 2.62. The van der Waals surface area contributed by atoms with Gasteiger partial charge in [0.2, 0.25) is 0 Å². The van der Waals surface area contributed by atoms with Gasteiger partial charge in [-0.05, 0) is 42.5 Å². The molecule has 2 rings (SSSR count). The molecule has 0 amide bonds. The van der Waals surface area contributed by atoms with Crippen molar-refractivity contribution in [3.63, 3.8) is 0 Å². The monoisotopic (exact) mass is 205 g/mol. The van der Waals surface area contributed by atoms with Crippen molar-refractivity contribution in [1.82, 2.24) is 0 Å². The minimum atomic E-state index is 0.245. The van der Waals surface area contributed by atoms with E-state index in [9.17, 15) is 0 Å². The Morgan fingerprint density at radius 1 is 1.33 bits per heavy atom. The van der Waals surface area contributed by atoms with Gasteiger partial charge in [0.05, 0.1) is 0 Å². The zero-order valence-electron chi connectivity index (χ0n) is 8.57. The SMILES string of the molecule is N/N=C(\N)COc1ccc2c(c1)CCC2. The van der Waals surface area contributed by atoms with Crippen LogP contribution in [0.5, 0.6) is 5.75 Å². The van der Waals surface area contributed by atoms with E-state index in [1.165, 1.54) is 24.0 Å². The van der Waals surface area contributed by atoms with E-state index in [0.29, 0.717) is 5.84 Å². The van der Waals surface area contributed by atoms with Crippen molar-refractivity contribution in [1.29, 1.82) is 0 Å². The standard InChI is InChI=1S/C11H15N3O/c12-11(14-13)7-15-10-5-4-8-2-1-3-9(8)6-10/h4-6H,1-3,7,13H2,(H2,12,14). The number of rotatable bonds is 3. The largest absolute Gasteiger partial charge is 0.486 e. The summed E-state index contributed by atoms with van der Waals surface area (Å²) < 4.78 is 5.45. The summed E-state index contributed by atoms with van der Waals surface area (Å²) in [6.07, 6.45) is 3.57. The normalized spacial score (nSPS) is 15.1. The molecule has 1 aromatic carbocycles. The molecule has 0 spiro atoms. The summed E-state index contributed by atoms with van der Waals surface area (Å²) in [5, 5.41) is 3.35. The topological polar surface area (TPSA) is 73.6 Å². The Labute approximate surface area is 88.9 Å². The Morgan fingerprint density at radius 2 is 2.13 bits per heavy atom. The highest BCUT2D eigenvalue weighted by atomic mass is 16.5. The number of ether oxygens (including phenoxy) is 1. The molecule has 0 radical (unpaired) electrons. The first-order valence-corrected chi connectivity index (χ1v) is 5.06. The van der Waals surface area contributed by atoms with Gasteiger partial charge < -0.3 is 16.3 Å². The molecule has 0 saturated heterocycles. The first-order chi connectivity index (χ1) is 7.29. The van der Waals surface area contributed by atoms with Crippen LogP contribution in [-0.4, -0.2) is 12.4 Å². The molecule has 0 fully saturated rings. The van der Waals surface area contributed by atoms with Crippen LogP contribution >= 0.6 is 0 Å². The van der Waals surface area contributed by atoms with Gasteiger partial charge in [-0.2, -0.15) is 5.10 Å². The Hall–Kier alpha value is -1.71. The predicted octanol–water partition coefficient (Wildman–Crippen LogP) is 0.785. The number of hydrazone groups is 1. The zero-order chi connectivity index (χ0) is 10.7. The van der Waals surface area contributed by atoms with Crippen LogP contribution in [0.2, 0.25) is 0 Å². The van der Waals surface area contributed by atoms with E-state index in [-0.39, 0.29) is 6.61 Å². The number of hydrogen-bond donors (Lipinski definition) is 2. The van der Waals surface area contributed by atoms with Gasteiger partial charge in [-0.15, -0.1) is 0 Å². The molecule has 80 valence electrons. The molecule has 0 saturated carbocycles. The van der Waals surface area contributed by atoms with Crippen LogP contribution in [0.25, 0.3) is 0 Å². The average Bonchev–Trinajstić information content (AvgIpc) is 2.72. The fourth-order valence-corrected chi connectivity index (χ4v) is 1.83. The van der Waals surface area contributed by atoms with E-state index in [4.69, 9.17) is 16.3 Å². The third-order valence-corrected chi connectivity index (χ3v) is 2.62. The van der Waals surface area contributed by atoms with Crippen molar-refractivity contribution >= 4 is 5.84 Å². The van der Waals surface area contributed by atoms with Crippen molar-refractivity contribution in [2.24, 2.45) is 16.7 Å². The number of amidine groups is 1. The minimum absolute atomic E-state index is 0.245. The predicted molar refractivity (Wildman–Crippen MR) is 59.8 cm³/mol. The van der Waals surface area contributed by atoms with Gasteiger partial charge in [0.25, 0.3) is 0 Å². The maximum absolute atomic E-state index is 5.45. The summed E-state index contributed by atoms with van der Waals surface area (Å²) in [6, 6.07) is 6.16. The number of hydrogen-bond acceptors (Lipinski definition) is 3. The molecule has 1 aromatic rings. The summed E-state index contributed by atoms with van der Waals surface area (Å²) in [4.78, 5) is 0. The van der Waals surface area contributed by atoms with Gasteiger partial charge in [0, 0.05) is 0 Å². The lowest BCUT2D eigenvalue weighted by molar-refractivity contribution is 0.374. The number of aryl methyl sites for hydroxylation is 2. The molecule has 4 nitrogen and oxygen atoms in total. The molecule has 0 bridgehead atoms. The molecule has 4 heteroatoms. The molecule has 0 unspecified atom stereocenters. The van der Waals surface area contributed by atoms with E-state index in [0.717, 1.165) is 12.2 Å². The fourth-order valence-electron chi connectivity index (χ4n) is 1.83. The Balaban J connectivity index is 2.04. The second-order valence-electron chi connectivity index (χ2n) is 3.69. The minimum Gasteiger partial charge on any atom is -0.486 e. The molecule has 1 aliphatic carbocycles. The van der Waals surface area contributed by atoms with E-state index in [2.05, 4.69) is 17.2 Å². The van der Waals surface area contributed by atoms with Crippen LogP contribution < -0.4 is 16.3 Å². The van der Waals surface area contributed by atoms with E-state index < -0.39 is 0 Å². The van der Waals surface area contributed by atoms with E-state index in [1.54, 1.807) is 0 Å². The Bertz CT molecular complexity index is 387. The van der Waals surface area contributed by atoms with Crippen LogP contribution in [0.15, 0.2) is 23.3 Å². The quantitative estimate of drug-likeness (QED) is 0.331. The molecule has 0 atom stereocenters. The highest BCUT2D eigenvalue weighted by Gasteiger charge is 2.11. The molecule has 0 aromatic heterocycles. The number of nitrogens with two attached hydrogens (primary N) is 2. The number of fused-ring (bicyclic) bond motifs is 1. The Kier molecular flexibility index (Phi) is 2.76. The van der Waals surface area contributed by atoms with Gasteiger partial charge in [-0.1, -0.05) is 6.07 Å². The van der Waals surface area contributed by atoms with E-state index in [1.807, 2.05) is 6.07 Å². The van der Waals surface area contributed by atoms with Crippen molar-refractivity contribution in [3.8, 4) is 5.75 Å². The third kappa shape index (κ3) is 2.21. The molecule has 15 heavy (non-hydrogen) atoms. The average molecular weight is 205 g/mol. The van der Waals surface area contributed by atoms with Crippen LogP contribution in [0.4, 0.5) is 0 Å². The lowest BCUT2D eigenvalue weighted by Gasteiger charge is -2.07. The fraction of sp³-hybridized carbons (Fsp3) is 0.364. The van der Waals surface area contributed by atoms with Gasteiger partial charge in [0.1, 0.15) is 12.4 Å². The highest BCUT2D eigenvalue weighted by molar-refractivity contribution is 5.81. The van der Waals surface area contributed by atoms with Crippen molar-refractivity contribution < 1.29 is 4.74 Å². The maximum atomic E-state index is 5.45. The number of nitrogens with zero attached hydrogens (tertiary/aromatic N) is 1. The second kappa shape index (κ2) is 4.21. The lowest BCUT2D eigenvalue weighted by Crippen LogP contribution is -2.22. The molecular formula is C11H15N3O. The zero-order valence-corrected chi connectivity index (χ0v) is 8.57. The van der Waals surface area contributed by atoms with Crippen molar-refractivity contribution in [2.45, 2.75) is 19.3 Å². The van der Waals surface area contributed by atoms with Crippen LogP contribution in [-0.2, 0) is 12.8 Å². The summed E-state index contributed by atoms with van der Waals surface area (Å²) in [6.45, 7) is 0.245. The summed E-state index contributed by atoms with van der Waals surface area (Å²) >= 11 is 0. The van der Waals surface area contributed by atoms with Crippen LogP contribution in [0, 0.1) is 0 Å². The molecule has 0 aliphatic heterocycles. The molecular weight excluding hydrogens is 190 g/mol. The van der Waals surface area contributed by atoms with Crippen LogP contribution in [0.3, 0.4) is 0 Å². The highest BCUT2D eigenvalue weighted by Crippen LogP contribution is 2.25. The smallest absolute Gasteiger partial charge is 0.157 e. The summed E-state index contributed by atoms with van der Waals surface area (Å²) in [5.41, 5.74) is 8.25. The summed E-state index contributed by atoms with van der Waals surface area (Å²) in [7, 11) is 0. The van der Waals surface area contributed by atoms with Gasteiger partial charge in [0.15, 0.2) is 5.84 Å². The van der Waals surface area contributed by atoms with Gasteiger partial charge >= 0.3 is 0 Å². The molecule has 4 N–H and O–H groups in total. The van der Waals surface area contributed by atoms with Crippen molar-refractivity contribution in [3.05, 3.63) is 29.3 Å². The second-order valence-corrected chi connectivity index (χ2v) is 3.69. The number of benzene rings is 1.